The van der Waals surface area contributed by atoms with Gasteiger partial charge in [-0.15, -0.1) is 0 Å². The van der Waals surface area contributed by atoms with E-state index in [0.717, 1.165) is 6.07 Å². The van der Waals surface area contributed by atoms with Crippen molar-refractivity contribution in [3.05, 3.63) is 46.7 Å². The summed E-state index contributed by atoms with van der Waals surface area (Å²) in [4.78, 5) is 0. The molecular weight excluding hydrogens is 214 g/mol. The molecule has 1 unspecified atom stereocenters. The van der Waals surface area contributed by atoms with E-state index in [1.165, 1.54) is 13.0 Å². The minimum absolute atomic E-state index is 0.225. The van der Waals surface area contributed by atoms with Crippen molar-refractivity contribution in [2.45, 2.75) is 19.4 Å². The number of aryl methyl sites for hydroxylation is 1. The van der Waals surface area contributed by atoms with Gasteiger partial charge in [0, 0.05) is 6.42 Å². The molecule has 16 heavy (non-hydrogen) atoms. The monoisotopic (exact) mass is 226 g/mol. The van der Waals surface area contributed by atoms with Gasteiger partial charge in [-0.3, -0.25) is 0 Å². The molecule has 1 heterocycles. The van der Waals surface area contributed by atoms with Crippen LogP contribution in [0.15, 0.2) is 24.0 Å². The fourth-order valence-corrected chi connectivity index (χ4v) is 1.70. The van der Waals surface area contributed by atoms with Gasteiger partial charge in [0.25, 0.3) is 0 Å². The van der Waals surface area contributed by atoms with Gasteiger partial charge < -0.3 is 9.84 Å². The summed E-state index contributed by atoms with van der Waals surface area (Å²) < 4.78 is 32.2. The van der Waals surface area contributed by atoms with Gasteiger partial charge in [-0.25, -0.2) is 8.78 Å². The molecule has 0 bridgehead atoms. The average Bonchev–Trinajstić information content (AvgIpc) is 2.77. The topological polar surface area (TPSA) is 29.5 Å². The molecule has 2 nitrogen and oxygen atoms in total. The van der Waals surface area contributed by atoms with Crippen molar-refractivity contribution in [1.29, 1.82) is 0 Å². The first-order chi connectivity index (χ1) is 7.61. The van der Waals surface area contributed by atoms with Crippen LogP contribution in [0.4, 0.5) is 8.78 Å². The summed E-state index contributed by atoms with van der Waals surface area (Å²) in [6, 6.07) is 2.48. The van der Waals surface area contributed by atoms with E-state index in [9.17, 15) is 13.9 Å². The van der Waals surface area contributed by atoms with Crippen LogP contribution in [0.2, 0.25) is 0 Å². The van der Waals surface area contributed by atoms with E-state index >= 15 is 0 Å². The van der Waals surface area contributed by atoms with Gasteiger partial charge in [0.2, 0.25) is 0 Å². The maximum atomic E-state index is 13.7. The molecule has 1 N–H and O–H groups in total. The Morgan fingerprint density at radius 3 is 2.75 bits per heavy atom. The molecule has 0 saturated carbocycles. The Kier molecular flexibility index (Phi) is 2.92. The van der Waals surface area contributed by atoms with E-state index < -0.39 is 17.7 Å². The van der Waals surface area contributed by atoms with Crippen molar-refractivity contribution in [2.75, 3.05) is 6.61 Å². The van der Waals surface area contributed by atoms with Crippen LogP contribution in [-0.4, -0.2) is 11.7 Å². The molecule has 0 fully saturated rings. The van der Waals surface area contributed by atoms with Crippen LogP contribution in [0, 0.1) is 18.6 Å². The highest BCUT2D eigenvalue weighted by molar-refractivity contribution is 5.32. The molecule has 1 aliphatic heterocycles. The molecule has 4 heteroatoms. The third-order valence-corrected chi connectivity index (χ3v) is 2.59. The highest BCUT2D eigenvalue weighted by Crippen LogP contribution is 2.30. The first kappa shape index (κ1) is 11.1. The normalized spacial score (nSPS) is 16.9. The lowest BCUT2D eigenvalue weighted by Gasteiger charge is -2.15. The second-order valence-corrected chi connectivity index (χ2v) is 3.74. The standard InChI is InChI=1S/C12H12F2O2/c1-7-4-5-8(13)10(11(7)14)12(15)9-3-2-6-16-9/h3-5,12,15H,2,6H2,1H3. The Hall–Kier alpha value is -1.42. The molecule has 1 aromatic rings. The van der Waals surface area contributed by atoms with Gasteiger partial charge in [-0.2, -0.15) is 0 Å². The van der Waals surface area contributed by atoms with Crippen LogP contribution in [0.1, 0.15) is 23.7 Å². The minimum atomic E-state index is -1.36. The predicted molar refractivity (Wildman–Crippen MR) is 54.7 cm³/mol. The summed E-state index contributed by atoms with van der Waals surface area (Å²) in [6.45, 7) is 1.97. The number of halogens is 2. The first-order valence-corrected chi connectivity index (χ1v) is 5.06. The molecule has 1 aliphatic rings. The molecule has 0 radical (unpaired) electrons. The smallest absolute Gasteiger partial charge is 0.141 e. The number of hydrogen-bond acceptors (Lipinski definition) is 2. The quantitative estimate of drug-likeness (QED) is 0.839. The maximum Gasteiger partial charge on any atom is 0.141 e. The minimum Gasteiger partial charge on any atom is -0.495 e. The molecule has 0 aliphatic carbocycles. The number of rotatable bonds is 2. The van der Waals surface area contributed by atoms with Gasteiger partial charge >= 0.3 is 0 Å². The summed E-state index contributed by atoms with van der Waals surface area (Å²) >= 11 is 0. The van der Waals surface area contributed by atoms with E-state index in [2.05, 4.69) is 0 Å². The summed E-state index contributed by atoms with van der Waals surface area (Å²) in [5.74, 6) is -1.25. The zero-order chi connectivity index (χ0) is 11.7. The molecule has 2 rings (SSSR count). The molecule has 0 aromatic heterocycles. The van der Waals surface area contributed by atoms with Crippen LogP contribution >= 0.6 is 0 Å². The van der Waals surface area contributed by atoms with Gasteiger partial charge in [0.05, 0.1) is 12.2 Å². The molecule has 0 saturated heterocycles. The van der Waals surface area contributed by atoms with E-state index in [4.69, 9.17) is 4.74 Å². The van der Waals surface area contributed by atoms with Crippen molar-refractivity contribution in [1.82, 2.24) is 0 Å². The Bertz CT molecular complexity index is 441. The second-order valence-electron chi connectivity index (χ2n) is 3.74. The van der Waals surface area contributed by atoms with Gasteiger partial charge in [0.15, 0.2) is 0 Å². The Labute approximate surface area is 92.2 Å². The maximum absolute atomic E-state index is 13.7. The van der Waals surface area contributed by atoms with Crippen molar-refractivity contribution in [2.24, 2.45) is 0 Å². The SMILES string of the molecule is Cc1ccc(F)c(C(O)C2=CCCO2)c1F. The van der Waals surface area contributed by atoms with Crippen molar-refractivity contribution >= 4 is 0 Å². The van der Waals surface area contributed by atoms with Gasteiger partial charge in [-0.05, 0) is 24.6 Å². The van der Waals surface area contributed by atoms with Crippen LogP contribution in [0.5, 0.6) is 0 Å². The Morgan fingerprint density at radius 2 is 2.12 bits per heavy atom. The zero-order valence-corrected chi connectivity index (χ0v) is 8.84. The Balaban J connectivity index is 2.42. The predicted octanol–water partition coefficient (Wildman–Crippen LogP) is 2.61. The summed E-state index contributed by atoms with van der Waals surface area (Å²) in [5.41, 5.74) is -0.0396. The zero-order valence-electron chi connectivity index (χ0n) is 8.84. The van der Waals surface area contributed by atoms with E-state index in [1.54, 1.807) is 6.08 Å². The first-order valence-electron chi connectivity index (χ1n) is 5.06. The van der Waals surface area contributed by atoms with Crippen LogP contribution < -0.4 is 0 Å². The van der Waals surface area contributed by atoms with E-state index in [0.29, 0.717) is 18.6 Å². The second kappa shape index (κ2) is 4.22. The van der Waals surface area contributed by atoms with Crippen LogP contribution in [0.25, 0.3) is 0 Å². The third kappa shape index (κ3) is 1.80. The number of benzene rings is 1. The lowest BCUT2D eigenvalue weighted by Crippen LogP contribution is -2.08. The third-order valence-electron chi connectivity index (χ3n) is 2.59. The Morgan fingerprint density at radius 1 is 1.38 bits per heavy atom. The highest BCUT2D eigenvalue weighted by Gasteiger charge is 2.25. The molecule has 1 atom stereocenters. The highest BCUT2D eigenvalue weighted by atomic mass is 19.1. The van der Waals surface area contributed by atoms with Crippen molar-refractivity contribution < 1.29 is 18.6 Å². The average molecular weight is 226 g/mol. The lowest BCUT2D eigenvalue weighted by atomic mass is 10.0. The molecule has 0 spiro atoms. The molecule has 1 aromatic carbocycles. The number of aliphatic hydroxyl groups excluding tert-OH is 1. The fraction of sp³-hybridized carbons (Fsp3) is 0.333. The summed E-state index contributed by atoms with van der Waals surface area (Å²) in [6.07, 6.45) is 0.940. The fourth-order valence-electron chi connectivity index (χ4n) is 1.70. The van der Waals surface area contributed by atoms with Crippen molar-refractivity contribution in [3.8, 4) is 0 Å². The van der Waals surface area contributed by atoms with E-state index in [-0.39, 0.29) is 11.3 Å². The van der Waals surface area contributed by atoms with Gasteiger partial charge in [0.1, 0.15) is 23.5 Å². The summed E-state index contributed by atoms with van der Waals surface area (Å²) in [5, 5.41) is 9.83. The van der Waals surface area contributed by atoms with Crippen molar-refractivity contribution in [3.63, 3.8) is 0 Å². The van der Waals surface area contributed by atoms with Crippen LogP contribution in [0.3, 0.4) is 0 Å². The largest absolute Gasteiger partial charge is 0.495 e. The number of aliphatic hydroxyl groups is 1. The van der Waals surface area contributed by atoms with E-state index in [1.807, 2.05) is 0 Å². The van der Waals surface area contributed by atoms with Gasteiger partial charge in [-0.1, -0.05) is 6.07 Å². The summed E-state index contributed by atoms with van der Waals surface area (Å²) in [7, 11) is 0. The molecule has 0 amide bonds. The molecular formula is C12H12F2O2. The lowest BCUT2D eigenvalue weighted by molar-refractivity contribution is 0.113. The molecule has 86 valence electrons. The van der Waals surface area contributed by atoms with Crippen LogP contribution in [-0.2, 0) is 4.74 Å². The number of hydrogen-bond donors (Lipinski definition) is 1. The number of ether oxygens (including phenoxy) is 1.